The quantitative estimate of drug-likeness (QED) is 0.800. The molecule has 1 aliphatic carbocycles. The maximum Gasteiger partial charge on any atom is 0.119 e. The summed E-state index contributed by atoms with van der Waals surface area (Å²) in [6.07, 6.45) is 3.83. The summed E-state index contributed by atoms with van der Waals surface area (Å²) in [6, 6.07) is 8.03. The third kappa shape index (κ3) is 2.30. The first-order valence-corrected chi connectivity index (χ1v) is 5.86. The van der Waals surface area contributed by atoms with Gasteiger partial charge in [0.05, 0.1) is 7.11 Å². The molecule has 0 radical (unpaired) electrons. The molecule has 16 heavy (non-hydrogen) atoms. The largest absolute Gasteiger partial charge is 0.497 e. The van der Waals surface area contributed by atoms with Gasteiger partial charge in [-0.05, 0) is 49.1 Å². The lowest BCUT2D eigenvalue weighted by molar-refractivity contribution is 0.163. The number of methoxy groups -OCH3 is 1. The number of benzene rings is 1. The minimum Gasteiger partial charge on any atom is -0.497 e. The van der Waals surface area contributed by atoms with Crippen LogP contribution in [0.2, 0.25) is 0 Å². The molecule has 1 saturated carbocycles. The lowest BCUT2D eigenvalue weighted by Crippen LogP contribution is -2.42. The van der Waals surface area contributed by atoms with Gasteiger partial charge in [0, 0.05) is 12.2 Å². The molecule has 0 aromatic heterocycles. The molecular weight excluding hydrogens is 200 g/mol. The molecule has 1 aromatic carbocycles. The Hall–Kier alpha value is -1.22. The molecule has 1 fully saturated rings. The van der Waals surface area contributed by atoms with Gasteiger partial charge in [0.25, 0.3) is 0 Å². The Kier molecular flexibility index (Phi) is 3.34. The van der Waals surface area contributed by atoms with Crippen molar-refractivity contribution in [2.75, 3.05) is 25.5 Å². The smallest absolute Gasteiger partial charge is 0.119 e. The number of anilines is 1. The topological polar surface area (TPSA) is 47.3 Å². The minimum atomic E-state index is 0.347. The van der Waals surface area contributed by atoms with Gasteiger partial charge in [-0.1, -0.05) is 6.42 Å². The zero-order chi connectivity index (χ0) is 11.4. The van der Waals surface area contributed by atoms with Crippen LogP contribution in [0.15, 0.2) is 24.3 Å². The number of ether oxygens (including phenoxy) is 1. The Morgan fingerprint density at radius 2 is 2.00 bits per heavy atom. The van der Waals surface area contributed by atoms with Crippen molar-refractivity contribution in [3.8, 4) is 5.75 Å². The predicted octanol–water partition coefficient (Wildman–Crippen LogP) is 2.24. The zero-order valence-electron chi connectivity index (χ0n) is 9.83. The van der Waals surface area contributed by atoms with Gasteiger partial charge in [-0.15, -0.1) is 0 Å². The molecule has 0 atom stereocenters. The minimum absolute atomic E-state index is 0.347. The van der Waals surface area contributed by atoms with Crippen LogP contribution in [0.1, 0.15) is 19.3 Å². The summed E-state index contributed by atoms with van der Waals surface area (Å²) >= 11 is 0. The third-order valence-electron chi connectivity index (χ3n) is 3.60. The van der Waals surface area contributed by atoms with Crippen molar-refractivity contribution in [1.82, 2.24) is 0 Å². The Balaban J connectivity index is 1.89. The Morgan fingerprint density at radius 3 is 2.44 bits per heavy atom. The fourth-order valence-corrected chi connectivity index (χ4v) is 2.13. The van der Waals surface area contributed by atoms with Crippen molar-refractivity contribution >= 4 is 5.69 Å². The molecule has 0 amide bonds. The molecule has 3 nitrogen and oxygen atoms in total. The molecule has 88 valence electrons. The van der Waals surface area contributed by atoms with Crippen LogP contribution in [0.5, 0.6) is 5.75 Å². The van der Waals surface area contributed by atoms with Crippen molar-refractivity contribution in [1.29, 1.82) is 0 Å². The molecule has 3 heteroatoms. The van der Waals surface area contributed by atoms with Gasteiger partial charge in [0.2, 0.25) is 0 Å². The van der Waals surface area contributed by atoms with Gasteiger partial charge in [0.1, 0.15) is 5.75 Å². The zero-order valence-corrected chi connectivity index (χ0v) is 9.83. The summed E-state index contributed by atoms with van der Waals surface area (Å²) in [6.45, 7) is 1.77. The summed E-state index contributed by atoms with van der Waals surface area (Å²) in [4.78, 5) is 0. The Labute approximate surface area is 97.0 Å². The fourth-order valence-electron chi connectivity index (χ4n) is 2.13. The summed E-state index contributed by atoms with van der Waals surface area (Å²) in [5.41, 5.74) is 7.31. The van der Waals surface area contributed by atoms with Gasteiger partial charge in [-0.2, -0.15) is 0 Å². The van der Waals surface area contributed by atoms with Crippen molar-refractivity contribution in [2.45, 2.75) is 19.3 Å². The summed E-state index contributed by atoms with van der Waals surface area (Å²) < 4.78 is 5.12. The van der Waals surface area contributed by atoms with E-state index in [1.165, 1.54) is 19.3 Å². The number of hydrogen-bond acceptors (Lipinski definition) is 3. The SMILES string of the molecule is COc1ccc(NCC2(CN)CCC2)cc1. The first-order valence-electron chi connectivity index (χ1n) is 5.86. The predicted molar refractivity (Wildman–Crippen MR) is 66.8 cm³/mol. The van der Waals surface area contributed by atoms with E-state index < -0.39 is 0 Å². The number of nitrogens with one attached hydrogen (secondary N) is 1. The van der Waals surface area contributed by atoms with Gasteiger partial charge < -0.3 is 15.8 Å². The monoisotopic (exact) mass is 220 g/mol. The summed E-state index contributed by atoms with van der Waals surface area (Å²) in [7, 11) is 1.68. The lowest BCUT2D eigenvalue weighted by atomic mass is 9.69. The maximum atomic E-state index is 5.82. The normalized spacial score (nSPS) is 17.6. The van der Waals surface area contributed by atoms with Gasteiger partial charge in [-0.25, -0.2) is 0 Å². The lowest BCUT2D eigenvalue weighted by Gasteiger charge is -2.41. The summed E-state index contributed by atoms with van der Waals surface area (Å²) in [5, 5.41) is 3.45. The molecule has 0 aliphatic heterocycles. The van der Waals surface area contributed by atoms with E-state index in [9.17, 15) is 0 Å². The molecule has 1 aromatic rings. The average molecular weight is 220 g/mol. The third-order valence-corrected chi connectivity index (χ3v) is 3.60. The maximum absolute atomic E-state index is 5.82. The van der Waals surface area contributed by atoms with Crippen LogP contribution in [0, 0.1) is 5.41 Å². The highest BCUT2D eigenvalue weighted by Gasteiger charge is 2.35. The van der Waals surface area contributed by atoms with E-state index in [2.05, 4.69) is 5.32 Å². The molecule has 1 aliphatic rings. The van der Waals surface area contributed by atoms with Gasteiger partial charge in [-0.3, -0.25) is 0 Å². The van der Waals surface area contributed by atoms with Crippen LogP contribution < -0.4 is 15.8 Å². The van der Waals surface area contributed by atoms with E-state index in [0.29, 0.717) is 5.41 Å². The molecule has 0 unspecified atom stereocenters. The number of rotatable bonds is 5. The molecular formula is C13H20N2O. The Morgan fingerprint density at radius 1 is 1.31 bits per heavy atom. The van der Waals surface area contributed by atoms with Gasteiger partial charge >= 0.3 is 0 Å². The summed E-state index contributed by atoms with van der Waals surface area (Å²) in [5.74, 6) is 0.891. The molecule has 0 spiro atoms. The van der Waals surface area contributed by atoms with E-state index in [1.807, 2.05) is 24.3 Å². The van der Waals surface area contributed by atoms with Crippen LogP contribution >= 0.6 is 0 Å². The van der Waals surface area contributed by atoms with Crippen molar-refractivity contribution < 1.29 is 4.74 Å². The van der Waals surface area contributed by atoms with E-state index in [1.54, 1.807) is 7.11 Å². The standard InChI is InChI=1S/C13H20N2O/c1-16-12-5-3-11(4-6-12)15-10-13(9-14)7-2-8-13/h3-6,15H,2,7-10,14H2,1H3. The second-order valence-corrected chi connectivity index (χ2v) is 4.64. The van der Waals surface area contributed by atoms with Crippen LogP contribution in [-0.4, -0.2) is 20.2 Å². The van der Waals surface area contributed by atoms with Crippen LogP contribution in [0.3, 0.4) is 0 Å². The second-order valence-electron chi connectivity index (χ2n) is 4.64. The molecule has 0 heterocycles. The molecule has 0 saturated heterocycles. The van der Waals surface area contributed by atoms with Crippen molar-refractivity contribution in [3.05, 3.63) is 24.3 Å². The van der Waals surface area contributed by atoms with E-state index in [-0.39, 0.29) is 0 Å². The van der Waals surface area contributed by atoms with E-state index >= 15 is 0 Å². The van der Waals surface area contributed by atoms with Crippen LogP contribution in [0.25, 0.3) is 0 Å². The van der Waals surface area contributed by atoms with Crippen molar-refractivity contribution in [2.24, 2.45) is 11.1 Å². The highest BCUT2D eigenvalue weighted by Crippen LogP contribution is 2.39. The molecule has 0 bridgehead atoms. The molecule has 3 N–H and O–H groups in total. The van der Waals surface area contributed by atoms with E-state index in [4.69, 9.17) is 10.5 Å². The highest BCUT2D eigenvalue weighted by molar-refractivity contribution is 5.46. The van der Waals surface area contributed by atoms with Gasteiger partial charge in [0.15, 0.2) is 0 Å². The number of nitrogens with two attached hydrogens (primary N) is 1. The Bertz CT molecular complexity index is 325. The first-order chi connectivity index (χ1) is 7.78. The van der Waals surface area contributed by atoms with Crippen LogP contribution in [0.4, 0.5) is 5.69 Å². The highest BCUT2D eigenvalue weighted by atomic mass is 16.5. The van der Waals surface area contributed by atoms with Crippen molar-refractivity contribution in [3.63, 3.8) is 0 Å². The number of hydrogen-bond donors (Lipinski definition) is 2. The van der Waals surface area contributed by atoms with E-state index in [0.717, 1.165) is 24.5 Å². The van der Waals surface area contributed by atoms with Crippen LogP contribution in [-0.2, 0) is 0 Å². The fraction of sp³-hybridized carbons (Fsp3) is 0.538. The average Bonchev–Trinajstić information content (AvgIpc) is 2.29. The molecule has 2 rings (SSSR count). The second kappa shape index (κ2) is 4.74. The first kappa shape index (κ1) is 11.3.